The monoisotopic (exact) mass is 654 g/mol. The first kappa shape index (κ1) is 44.1. The second-order valence-corrected chi connectivity index (χ2v) is 10.5. The van der Waals surface area contributed by atoms with E-state index in [1.54, 1.807) is 0 Å². The largest absolute Gasteiger partial charge is 0.463 e. The quantitative estimate of drug-likeness (QED) is 0.0697. The molecule has 0 atom stereocenters. The lowest BCUT2D eigenvalue weighted by Crippen LogP contribution is -2.15. The minimum Gasteiger partial charge on any atom is -0.463 e. The minimum atomic E-state index is -0.139. The van der Waals surface area contributed by atoms with Gasteiger partial charge >= 0.3 is 5.97 Å². The zero-order valence-corrected chi connectivity index (χ0v) is 28.8. The highest BCUT2D eigenvalue weighted by Crippen LogP contribution is 2.08. The van der Waals surface area contributed by atoms with E-state index < -0.39 is 0 Å². The third-order valence-corrected chi connectivity index (χ3v) is 6.13. The first-order valence-corrected chi connectivity index (χ1v) is 17.1. The Balaban J connectivity index is 3.10. The van der Waals surface area contributed by atoms with Gasteiger partial charge in [-0.3, -0.25) is 4.79 Å². The summed E-state index contributed by atoms with van der Waals surface area (Å²) in [5, 5.41) is 0. The molecule has 12 heteroatoms. The third-order valence-electron chi connectivity index (χ3n) is 6.13. The standard InChI is InChI=1S/C33H66O12/c1-4-5-6-7-8-9-10-11-33(34)45-31-29-43-27-25-41-23-21-39-19-17-37-15-13-35-12-14-36-16-18-38-20-22-40-24-26-42-28-30-44-32(2)3/h32H,4-31H2,1-3H3. The van der Waals surface area contributed by atoms with Gasteiger partial charge in [-0.05, 0) is 20.3 Å². The number of carbonyl (C=O) groups excluding carboxylic acids is 1. The zero-order chi connectivity index (χ0) is 32.7. The van der Waals surface area contributed by atoms with Crippen LogP contribution in [0.2, 0.25) is 0 Å². The van der Waals surface area contributed by atoms with E-state index in [1.165, 1.54) is 32.1 Å². The molecular formula is C33H66O12. The van der Waals surface area contributed by atoms with Gasteiger partial charge in [-0.25, -0.2) is 0 Å². The lowest BCUT2D eigenvalue weighted by Gasteiger charge is -2.09. The molecule has 45 heavy (non-hydrogen) atoms. The molecule has 12 nitrogen and oxygen atoms in total. The number of esters is 1. The lowest BCUT2D eigenvalue weighted by atomic mass is 10.1. The van der Waals surface area contributed by atoms with Gasteiger partial charge in [0.05, 0.1) is 132 Å². The number of hydrogen-bond acceptors (Lipinski definition) is 12. The molecule has 0 aliphatic rings. The van der Waals surface area contributed by atoms with E-state index in [2.05, 4.69) is 6.92 Å². The highest BCUT2D eigenvalue weighted by Gasteiger charge is 2.03. The maximum Gasteiger partial charge on any atom is 0.305 e. The molecule has 0 unspecified atom stereocenters. The van der Waals surface area contributed by atoms with Gasteiger partial charge in [0, 0.05) is 6.42 Å². The molecule has 270 valence electrons. The molecule has 0 aliphatic carbocycles. The SMILES string of the molecule is CCCCCCCCCC(=O)OCCOCCOCCOCCOCCOCCOCCOCCOCCOCCOC(C)C. The molecule has 0 aromatic carbocycles. The molecule has 0 aromatic rings. The molecule has 0 saturated carbocycles. The molecule has 0 radical (unpaired) electrons. The summed E-state index contributed by atoms with van der Waals surface area (Å²) >= 11 is 0. The lowest BCUT2D eigenvalue weighted by molar-refractivity contribution is -0.145. The van der Waals surface area contributed by atoms with Crippen LogP contribution < -0.4 is 0 Å². The van der Waals surface area contributed by atoms with Gasteiger partial charge in [-0.2, -0.15) is 0 Å². The summed E-state index contributed by atoms with van der Waals surface area (Å²) < 4.78 is 59.7. The first-order valence-electron chi connectivity index (χ1n) is 17.1. The summed E-state index contributed by atoms with van der Waals surface area (Å²) in [6, 6.07) is 0. The van der Waals surface area contributed by atoms with E-state index in [0.717, 1.165) is 12.8 Å². The molecule has 0 heterocycles. The molecule has 0 aromatic heterocycles. The van der Waals surface area contributed by atoms with Crippen molar-refractivity contribution >= 4 is 5.97 Å². The Morgan fingerprint density at radius 3 is 1.02 bits per heavy atom. The Labute approximate surface area is 273 Å². The number of rotatable bonds is 39. The summed E-state index contributed by atoms with van der Waals surface area (Å²) in [5.74, 6) is -0.139. The first-order chi connectivity index (χ1) is 22.2. The molecule has 0 fully saturated rings. The predicted octanol–water partition coefficient (Wildman–Crippen LogP) is 4.24. The maximum atomic E-state index is 11.7. The normalized spacial score (nSPS) is 11.6. The van der Waals surface area contributed by atoms with Crippen molar-refractivity contribution in [2.24, 2.45) is 0 Å². The van der Waals surface area contributed by atoms with E-state index in [4.69, 9.17) is 52.1 Å². The number of hydrogen-bond donors (Lipinski definition) is 0. The molecule has 0 rings (SSSR count). The Bertz CT molecular complexity index is 568. The molecule has 0 spiro atoms. The van der Waals surface area contributed by atoms with Crippen LogP contribution in [0.15, 0.2) is 0 Å². The maximum absolute atomic E-state index is 11.7. The van der Waals surface area contributed by atoms with Crippen molar-refractivity contribution in [2.45, 2.75) is 78.2 Å². The summed E-state index contributed by atoms with van der Waals surface area (Å²) in [6.07, 6.45) is 9.04. The van der Waals surface area contributed by atoms with Gasteiger partial charge in [0.25, 0.3) is 0 Å². The number of ether oxygens (including phenoxy) is 11. The van der Waals surface area contributed by atoms with Crippen molar-refractivity contribution in [1.29, 1.82) is 0 Å². The molecule has 0 amide bonds. The fourth-order valence-corrected chi connectivity index (χ4v) is 3.72. The van der Waals surface area contributed by atoms with Crippen LogP contribution in [0.3, 0.4) is 0 Å². The van der Waals surface area contributed by atoms with Crippen molar-refractivity contribution in [3.8, 4) is 0 Å². The number of carbonyl (C=O) groups is 1. The minimum absolute atomic E-state index is 0.139. The summed E-state index contributed by atoms with van der Waals surface area (Å²) in [7, 11) is 0. The van der Waals surface area contributed by atoms with Crippen molar-refractivity contribution in [3.05, 3.63) is 0 Å². The average molecular weight is 655 g/mol. The summed E-state index contributed by atoms with van der Waals surface area (Å²) in [4.78, 5) is 11.7. The summed E-state index contributed by atoms with van der Waals surface area (Å²) in [6.45, 7) is 16.2. The fraction of sp³-hybridized carbons (Fsp3) is 0.970. The van der Waals surface area contributed by atoms with Gasteiger partial charge in [0.2, 0.25) is 0 Å². The highest BCUT2D eigenvalue weighted by molar-refractivity contribution is 5.69. The van der Waals surface area contributed by atoms with Crippen LogP contribution in [0, 0.1) is 0 Å². The molecule has 0 N–H and O–H groups in total. The van der Waals surface area contributed by atoms with Gasteiger partial charge in [0.1, 0.15) is 6.61 Å². The van der Waals surface area contributed by atoms with Crippen molar-refractivity contribution in [3.63, 3.8) is 0 Å². The van der Waals surface area contributed by atoms with Crippen molar-refractivity contribution in [1.82, 2.24) is 0 Å². The predicted molar refractivity (Wildman–Crippen MR) is 172 cm³/mol. The van der Waals surface area contributed by atoms with Crippen LogP contribution in [0.1, 0.15) is 72.1 Å². The van der Waals surface area contributed by atoms with E-state index >= 15 is 0 Å². The molecular weight excluding hydrogens is 588 g/mol. The fourth-order valence-electron chi connectivity index (χ4n) is 3.72. The van der Waals surface area contributed by atoms with Crippen LogP contribution in [0.5, 0.6) is 0 Å². The third kappa shape index (κ3) is 41.0. The summed E-state index contributed by atoms with van der Waals surface area (Å²) in [5.41, 5.74) is 0. The Morgan fingerprint density at radius 1 is 0.400 bits per heavy atom. The Hall–Kier alpha value is -0.930. The van der Waals surface area contributed by atoms with Gasteiger partial charge in [-0.1, -0.05) is 45.4 Å². The van der Waals surface area contributed by atoms with E-state index in [1.807, 2.05) is 13.8 Å². The molecule has 0 saturated heterocycles. The van der Waals surface area contributed by atoms with Gasteiger partial charge in [0.15, 0.2) is 0 Å². The van der Waals surface area contributed by atoms with E-state index in [0.29, 0.717) is 132 Å². The smallest absolute Gasteiger partial charge is 0.305 e. The Morgan fingerprint density at radius 2 is 0.689 bits per heavy atom. The van der Waals surface area contributed by atoms with Crippen molar-refractivity contribution < 1.29 is 56.9 Å². The number of unbranched alkanes of at least 4 members (excludes halogenated alkanes) is 6. The Kier molecular flexibility index (Phi) is 38.4. The van der Waals surface area contributed by atoms with E-state index in [-0.39, 0.29) is 18.7 Å². The van der Waals surface area contributed by atoms with Crippen molar-refractivity contribution in [2.75, 3.05) is 132 Å². The average Bonchev–Trinajstić information content (AvgIpc) is 3.03. The van der Waals surface area contributed by atoms with Gasteiger partial charge < -0.3 is 52.1 Å². The van der Waals surface area contributed by atoms with Crippen LogP contribution in [-0.4, -0.2) is 144 Å². The van der Waals surface area contributed by atoms with Crippen LogP contribution in [-0.2, 0) is 56.9 Å². The topological polar surface area (TPSA) is 119 Å². The van der Waals surface area contributed by atoms with Gasteiger partial charge in [-0.15, -0.1) is 0 Å². The second-order valence-electron chi connectivity index (χ2n) is 10.5. The van der Waals surface area contributed by atoms with Crippen LogP contribution >= 0.6 is 0 Å². The highest BCUT2D eigenvalue weighted by atomic mass is 16.6. The van der Waals surface area contributed by atoms with Crippen LogP contribution in [0.4, 0.5) is 0 Å². The second kappa shape index (κ2) is 39.2. The van der Waals surface area contributed by atoms with Crippen LogP contribution in [0.25, 0.3) is 0 Å². The molecule has 0 bridgehead atoms. The van der Waals surface area contributed by atoms with E-state index in [9.17, 15) is 4.79 Å². The zero-order valence-electron chi connectivity index (χ0n) is 28.8. The molecule has 0 aliphatic heterocycles.